The monoisotopic (exact) mass is 803 g/mol. The third-order valence-electron chi connectivity index (χ3n) is 10.7. The summed E-state index contributed by atoms with van der Waals surface area (Å²) < 4.78 is 24.0. The fourth-order valence-electron chi connectivity index (χ4n) is 7.72. The molecule has 0 saturated heterocycles. The van der Waals surface area contributed by atoms with Crippen LogP contribution in [0.4, 0.5) is 0 Å². The van der Waals surface area contributed by atoms with Crippen molar-refractivity contribution < 1.29 is 33.3 Å². The average Bonchev–Trinajstić information content (AvgIpc) is 3.50. The Hall–Kier alpha value is -4.75. The first-order valence-corrected chi connectivity index (χ1v) is 19.3. The van der Waals surface area contributed by atoms with Crippen LogP contribution in [0.3, 0.4) is 0 Å². The predicted molar refractivity (Wildman–Crippen MR) is 207 cm³/mol. The quantitative estimate of drug-likeness (QED) is 0.122. The molecule has 13 heteroatoms. The zero-order chi connectivity index (χ0) is 38.5. The minimum Gasteiger partial charge on any atom is -0.497 e. The average molecular weight is 805 g/mol. The standard InChI is InChI=1S/C41H50BrN5O7/c1-25(2)47(44)21-28(43)24-53-36-16-15-34(42)33-17-18-46(35(38(33)36)22-45-20-26-9-5-6-10-30(26)39(45)48)40(49)31-11-7-8-12-32(31)41(50)54-23-27-13-14-29(51-3)19-37(27)52-4/h5-6,9-10,13-16,19,21,25,31-32,35H,7-8,11-12,17-18,20,22-24,43-44H2,1-4H3/b28-21-/t31-,32+,35?/m1/s1. The number of carbonyl (C=O) groups is 3. The second kappa shape index (κ2) is 17.2. The molecule has 1 saturated carbocycles. The molecule has 54 heavy (non-hydrogen) atoms. The molecule has 6 rings (SSSR count). The molecule has 0 spiro atoms. The van der Waals surface area contributed by atoms with Crippen LogP contribution in [0, 0.1) is 11.8 Å². The highest BCUT2D eigenvalue weighted by Gasteiger charge is 2.44. The van der Waals surface area contributed by atoms with Crippen molar-refractivity contribution in [1.29, 1.82) is 0 Å². The molecule has 12 nitrogen and oxygen atoms in total. The Morgan fingerprint density at radius 1 is 1.02 bits per heavy atom. The van der Waals surface area contributed by atoms with E-state index < -0.39 is 23.8 Å². The second-order valence-corrected chi connectivity index (χ2v) is 15.2. The van der Waals surface area contributed by atoms with Crippen LogP contribution in [0.1, 0.15) is 78.2 Å². The van der Waals surface area contributed by atoms with Crippen LogP contribution < -0.4 is 25.8 Å². The van der Waals surface area contributed by atoms with Gasteiger partial charge in [-0.05, 0) is 74.6 Å². The Morgan fingerprint density at radius 2 is 1.78 bits per heavy atom. The van der Waals surface area contributed by atoms with Gasteiger partial charge in [-0.25, -0.2) is 5.84 Å². The lowest BCUT2D eigenvalue weighted by atomic mass is 9.77. The summed E-state index contributed by atoms with van der Waals surface area (Å²) in [6.45, 7) is 5.07. The van der Waals surface area contributed by atoms with Gasteiger partial charge in [0.05, 0.1) is 37.8 Å². The molecule has 2 aliphatic heterocycles. The van der Waals surface area contributed by atoms with Crippen molar-refractivity contribution in [2.24, 2.45) is 23.4 Å². The number of ether oxygens (including phenoxy) is 4. The summed E-state index contributed by atoms with van der Waals surface area (Å²) in [5, 5.41) is 1.52. The molecule has 0 aromatic heterocycles. The van der Waals surface area contributed by atoms with E-state index in [2.05, 4.69) is 15.9 Å². The highest BCUT2D eigenvalue weighted by atomic mass is 79.9. The zero-order valence-corrected chi connectivity index (χ0v) is 33.0. The van der Waals surface area contributed by atoms with Crippen LogP contribution in [0.25, 0.3) is 0 Å². The summed E-state index contributed by atoms with van der Waals surface area (Å²) >= 11 is 3.76. The van der Waals surface area contributed by atoms with Gasteiger partial charge in [-0.15, -0.1) is 0 Å². The third kappa shape index (κ3) is 8.32. The molecule has 3 aliphatic rings. The number of rotatable bonds is 13. The number of carbonyl (C=O) groups excluding carboxylic acids is 3. The highest BCUT2D eigenvalue weighted by molar-refractivity contribution is 9.10. The summed E-state index contributed by atoms with van der Waals surface area (Å²) in [5.74, 6) is 6.03. The van der Waals surface area contributed by atoms with Crippen LogP contribution in [-0.2, 0) is 33.9 Å². The zero-order valence-electron chi connectivity index (χ0n) is 31.4. The van der Waals surface area contributed by atoms with Gasteiger partial charge in [-0.3, -0.25) is 14.4 Å². The van der Waals surface area contributed by atoms with Gasteiger partial charge < -0.3 is 39.5 Å². The maximum Gasteiger partial charge on any atom is 0.310 e. The highest BCUT2D eigenvalue weighted by Crippen LogP contribution is 2.44. The molecule has 3 aromatic carbocycles. The maximum absolute atomic E-state index is 14.9. The van der Waals surface area contributed by atoms with Crippen molar-refractivity contribution in [3.05, 3.63) is 98.8 Å². The fourth-order valence-corrected chi connectivity index (χ4v) is 8.26. The smallest absolute Gasteiger partial charge is 0.310 e. The van der Waals surface area contributed by atoms with E-state index in [1.807, 2.05) is 55.1 Å². The molecule has 1 unspecified atom stereocenters. The third-order valence-corrected chi connectivity index (χ3v) is 11.4. The fraction of sp³-hybridized carbons (Fsp3) is 0.439. The van der Waals surface area contributed by atoms with Crippen molar-refractivity contribution in [1.82, 2.24) is 14.8 Å². The van der Waals surface area contributed by atoms with Crippen LogP contribution in [-0.4, -0.2) is 72.6 Å². The van der Waals surface area contributed by atoms with E-state index >= 15 is 0 Å². The number of nitrogens with two attached hydrogens (primary N) is 2. The SMILES string of the molecule is COc1ccc(COC(=O)[C@H]2CCCC[C@H]2C(=O)N2CCc3c(Br)ccc(OC/C(N)=C/N(N)C(C)C)c3C2CN2Cc3ccccc3C2=O)c(OC)c1. The Kier molecular flexibility index (Phi) is 12.4. The summed E-state index contributed by atoms with van der Waals surface area (Å²) in [5.41, 5.74) is 10.9. The number of esters is 1. The van der Waals surface area contributed by atoms with E-state index in [9.17, 15) is 14.4 Å². The summed E-state index contributed by atoms with van der Waals surface area (Å²) in [6.07, 6.45) is 4.95. The topological polar surface area (TPSA) is 150 Å². The summed E-state index contributed by atoms with van der Waals surface area (Å²) in [7, 11) is 3.13. The van der Waals surface area contributed by atoms with Crippen molar-refractivity contribution in [3.8, 4) is 17.2 Å². The molecule has 288 valence electrons. The lowest BCUT2D eigenvalue weighted by Gasteiger charge is -2.43. The van der Waals surface area contributed by atoms with Gasteiger partial charge in [-0.2, -0.15) is 0 Å². The number of benzene rings is 3. The number of methoxy groups -OCH3 is 2. The Balaban J connectivity index is 1.30. The first-order valence-electron chi connectivity index (χ1n) is 18.5. The number of nitrogens with zero attached hydrogens (tertiary/aromatic N) is 3. The number of halogens is 1. The molecule has 3 aromatic rings. The lowest BCUT2D eigenvalue weighted by molar-refractivity contribution is -0.159. The van der Waals surface area contributed by atoms with E-state index in [1.165, 1.54) is 5.01 Å². The summed E-state index contributed by atoms with van der Waals surface area (Å²) in [4.78, 5) is 46.2. The van der Waals surface area contributed by atoms with E-state index in [4.69, 9.17) is 30.5 Å². The largest absolute Gasteiger partial charge is 0.497 e. The first-order chi connectivity index (χ1) is 26.0. The molecule has 4 N–H and O–H groups in total. The number of fused-ring (bicyclic) bond motifs is 2. The minimum atomic E-state index is -0.612. The van der Waals surface area contributed by atoms with Gasteiger partial charge in [-0.1, -0.05) is 47.0 Å². The first kappa shape index (κ1) is 39.0. The number of hydrogen-bond donors (Lipinski definition) is 2. The van der Waals surface area contributed by atoms with E-state index in [-0.39, 0.29) is 37.6 Å². The number of hydrazine groups is 1. The van der Waals surface area contributed by atoms with E-state index in [1.54, 1.807) is 43.5 Å². The second-order valence-electron chi connectivity index (χ2n) is 14.4. The van der Waals surface area contributed by atoms with Crippen LogP contribution in [0.15, 0.2) is 71.0 Å². The lowest BCUT2D eigenvalue weighted by Crippen LogP contribution is -2.50. The predicted octanol–water partition coefficient (Wildman–Crippen LogP) is 5.86. The van der Waals surface area contributed by atoms with Crippen LogP contribution in [0.5, 0.6) is 17.2 Å². The van der Waals surface area contributed by atoms with Crippen molar-refractivity contribution >= 4 is 33.7 Å². The van der Waals surface area contributed by atoms with Gasteiger partial charge in [0.1, 0.15) is 30.5 Å². The molecule has 0 radical (unpaired) electrons. The van der Waals surface area contributed by atoms with E-state index in [0.29, 0.717) is 66.4 Å². The van der Waals surface area contributed by atoms with Gasteiger partial charge in [0, 0.05) is 59.1 Å². The molecular formula is C41H50BrN5O7. The minimum absolute atomic E-state index is 0.00610. The van der Waals surface area contributed by atoms with Crippen molar-refractivity contribution in [3.63, 3.8) is 0 Å². The van der Waals surface area contributed by atoms with Crippen LogP contribution in [0.2, 0.25) is 0 Å². The van der Waals surface area contributed by atoms with Crippen molar-refractivity contribution in [2.45, 2.75) is 71.2 Å². The van der Waals surface area contributed by atoms with Gasteiger partial charge >= 0.3 is 5.97 Å². The number of amides is 2. The molecule has 1 fully saturated rings. The van der Waals surface area contributed by atoms with Gasteiger partial charge in [0.15, 0.2) is 0 Å². The molecule has 2 heterocycles. The molecule has 0 bridgehead atoms. The Morgan fingerprint density at radius 3 is 2.50 bits per heavy atom. The van der Waals surface area contributed by atoms with Crippen LogP contribution >= 0.6 is 15.9 Å². The van der Waals surface area contributed by atoms with Gasteiger partial charge in [0.2, 0.25) is 5.91 Å². The normalized spacial score (nSPS) is 19.6. The molecule has 2 amide bonds. The Bertz CT molecular complexity index is 1900. The molecular weight excluding hydrogens is 754 g/mol. The van der Waals surface area contributed by atoms with Crippen molar-refractivity contribution in [2.75, 3.05) is 33.9 Å². The van der Waals surface area contributed by atoms with Gasteiger partial charge in [0.25, 0.3) is 5.91 Å². The Labute approximate surface area is 325 Å². The maximum atomic E-state index is 14.9. The molecule has 3 atom stereocenters. The van der Waals surface area contributed by atoms with E-state index in [0.717, 1.165) is 34.0 Å². The summed E-state index contributed by atoms with van der Waals surface area (Å²) in [6, 6.07) is 16.2. The molecule has 1 aliphatic carbocycles. The number of hydrogen-bond acceptors (Lipinski definition) is 10.